The van der Waals surface area contributed by atoms with Crippen LogP contribution in [-0.2, 0) is 11.4 Å². The van der Waals surface area contributed by atoms with Crippen molar-refractivity contribution in [2.24, 2.45) is 5.73 Å². The summed E-state index contributed by atoms with van der Waals surface area (Å²) in [6.07, 6.45) is 0. The fraction of sp³-hybridized carbons (Fsp3) is 0.133. The van der Waals surface area contributed by atoms with Gasteiger partial charge >= 0.3 is 0 Å². The Labute approximate surface area is 111 Å². The lowest BCUT2D eigenvalue weighted by Gasteiger charge is -2.12. The monoisotopic (exact) mass is 256 g/mol. The van der Waals surface area contributed by atoms with Crippen LogP contribution in [0, 0.1) is 0 Å². The number of carbonyl (C=O) groups excluding carboxylic acids is 1. The van der Waals surface area contributed by atoms with Crippen LogP contribution in [0.2, 0.25) is 0 Å². The maximum Gasteiger partial charge on any atom is 0.245 e. The summed E-state index contributed by atoms with van der Waals surface area (Å²) in [4.78, 5) is 12.0. The zero-order valence-electron chi connectivity index (χ0n) is 10.4. The van der Waals surface area contributed by atoms with E-state index in [1.54, 1.807) is 24.3 Å². The predicted molar refractivity (Wildman–Crippen MR) is 74.4 cm³/mol. The third-order valence-corrected chi connectivity index (χ3v) is 2.85. The molecule has 4 nitrogen and oxygen atoms in total. The van der Waals surface area contributed by atoms with Gasteiger partial charge in [0, 0.05) is 5.69 Å². The molecule has 19 heavy (non-hydrogen) atoms. The molecule has 4 heteroatoms. The van der Waals surface area contributed by atoms with Gasteiger partial charge in [0.05, 0.1) is 6.61 Å². The number of amides is 1. The highest BCUT2D eigenvalue weighted by Crippen LogP contribution is 2.14. The molecule has 2 aromatic rings. The number of hydrogen-bond donors (Lipinski definition) is 3. The first-order chi connectivity index (χ1) is 9.20. The Balaban J connectivity index is 2.04. The molecule has 0 spiro atoms. The molecule has 0 unspecified atom stereocenters. The van der Waals surface area contributed by atoms with Crippen molar-refractivity contribution < 1.29 is 9.90 Å². The van der Waals surface area contributed by atoms with Gasteiger partial charge in [-0.3, -0.25) is 4.79 Å². The summed E-state index contributed by atoms with van der Waals surface area (Å²) in [7, 11) is 0. The summed E-state index contributed by atoms with van der Waals surface area (Å²) >= 11 is 0. The summed E-state index contributed by atoms with van der Waals surface area (Å²) in [5.41, 5.74) is 8.12. The first-order valence-electron chi connectivity index (χ1n) is 6.02. The first kappa shape index (κ1) is 13.3. The van der Waals surface area contributed by atoms with Crippen molar-refractivity contribution in [3.05, 3.63) is 65.7 Å². The van der Waals surface area contributed by atoms with E-state index >= 15 is 0 Å². The average Bonchev–Trinajstić information content (AvgIpc) is 2.48. The van der Waals surface area contributed by atoms with Crippen LogP contribution in [0.15, 0.2) is 54.6 Å². The molecule has 0 fully saturated rings. The SMILES string of the molecule is N[C@H](C(=O)Nc1ccc(CO)cc1)c1ccccc1. The van der Waals surface area contributed by atoms with Crippen molar-refractivity contribution >= 4 is 11.6 Å². The number of rotatable bonds is 4. The molecule has 98 valence electrons. The van der Waals surface area contributed by atoms with Crippen molar-refractivity contribution in [2.45, 2.75) is 12.6 Å². The Morgan fingerprint density at radius 1 is 1.11 bits per heavy atom. The van der Waals surface area contributed by atoms with Gasteiger partial charge in [-0.2, -0.15) is 0 Å². The topological polar surface area (TPSA) is 75.4 Å². The second-order valence-corrected chi connectivity index (χ2v) is 4.23. The van der Waals surface area contributed by atoms with E-state index in [0.717, 1.165) is 11.1 Å². The summed E-state index contributed by atoms with van der Waals surface area (Å²) in [6, 6.07) is 15.5. The molecular weight excluding hydrogens is 240 g/mol. The van der Waals surface area contributed by atoms with Gasteiger partial charge in [0.15, 0.2) is 0 Å². The molecule has 0 aliphatic rings. The quantitative estimate of drug-likeness (QED) is 0.781. The molecule has 0 aliphatic carbocycles. The summed E-state index contributed by atoms with van der Waals surface area (Å²) < 4.78 is 0. The molecule has 2 rings (SSSR count). The zero-order valence-corrected chi connectivity index (χ0v) is 10.4. The van der Waals surface area contributed by atoms with E-state index in [2.05, 4.69) is 5.32 Å². The number of carbonyl (C=O) groups is 1. The number of hydrogen-bond acceptors (Lipinski definition) is 3. The van der Waals surface area contributed by atoms with Crippen LogP contribution in [0.3, 0.4) is 0 Å². The van der Waals surface area contributed by atoms with Crippen LogP contribution in [0.5, 0.6) is 0 Å². The fourth-order valence-corrected chi connectivity index (χ4v) is 1.73. The molecule has 4 N–H and O–H groups in total. The highest BCUT2D eigenvalue weighted by Gasteiger charge is 2.15. The van der Waals surface area contributed by atoms with Crippen LogP contribution in [0.1, 0.15) is 17.2 Å². The molecular formula is C15H16N2O2. The lowest BCUT2D eigenvalue weighted by Crippen LogP contribution is -2.27. The van der Waals surface area contributed by atoms with Crippen LogP contribution in [0.4, 0.5) is 5.69 Å². The minimum Gasteiger partial charge on any atom is -0.392 e. The lowest BCUT2D eigenvalue weighted by molar-refractivity contribution is -0.117. The minimum absolute atomic E-state index is 0.0161. The van der Waals surface area contributed by atoms with E-state index in [-0.39, 0.29) is 12.5 Å². The second-order valence-electron chi connectivity index (χ2n) is 4.23. The molecule has 0 heterocycles. The minimum atomic E-state index is -0.696. The first-order valence-corrected chi connectivity index (χ1v) is 6.02. The van der Waals surface area contributed by atoms with Crippen LogP contribution in [0.25, 0.3) is 0 Å². The Bertz CT molecular complexity index is 538. The fourth-order valence-electron chi connectivity index (χ4n) is 1.73. The Kier molecular flexibility index (Phi) is 4.28. The van der Waals surface area contributed by atoms with Gasteiger partial charge in [-0.1, -0.05) is 42.5 Å². The molecule has 1 amide bonds. The van der Waals surface area contributed by atoms with E-state index in [4.69, 9.17) is 10.8 Å². The van der Waals surface area contributed by atoms with Crippen molar-refractivity contribution in [1.82, 2.24) is 0 Å². The maximum atomic E-state index is 12.0. The highest BCUT2D eigenvalue weighted by atomic mass is 16.3. The van der Waals surface area contributed by atoms with E-state index in [0.29, 0.717) is 5.69 Å². The molecule has 2 aromatic carbocycles. The van der Waals surface area contributed by atoms with Crippen molar-refractivity contribution in [3.8, 4) is 0 Å². The molecule has 0 saturated heterocycles. The number of aliphatic hydroxyl groups is 1. The Morgan fingerprint density at radius 3 is 2.32 bits per heavy atom. The predicted octanol–water partition coefficient (Wildman–Crippen LogP) is 1.82. The van der Waals surface area contributed by atoms with E-state index in [1.165, 1.54) is 0 Å². The van der Waals surface area contributed by atoms with Gasteiger partial charge in [0.25, 0.3) is 0 Å². The summed E-state index contributed by atoms with van der Waals surface area (Å²) in [5, 5.41) is 11.7. The molecule has 0 aromatic heterocycles. The van der Waals surface area contributed by atoms with Gasteiger partial charge in [0.2, 0.25) is 5.91 Å². The smallest absolute Gasteiger partial charge is 0.245 e. The Hall–Kier alpha value is -2.17. The highest BCUT2D eigenvalue weighted by molar-refractivity contribution is 5.95. The van der Waals surface area contributed by atoms with Crippen LogP contribution >= 0.6 is 0 Å². The van der Waals surface area contributed by atoms with E-state index in [1.807, 2.05) is 30.3 Å². The van der Waals surface area contributed by atoms with Gasteiger partial charge < -0.3 is 16.2 Å². The van der Waals surface area contributed by atoms with Crippen molar-refractivity contribution in [3.63, 3.8) is 0 Å². The van der Waals surface area contributed by atoms with Gasteiger partial charge in [-0.05, 0) is 23.3 Å². The third kappa shape index (κ3) is 3.40. The third-order valence-electron chi connectivity index (χ3n) is 2.85. The zero-order chi connectivity index (χ0) is 13.7. The number of nitrogens with one attached hydrogen (secondary N) is 1. The molecule has 0 saturated carbocycles. The lowest BCUT2D eigenvalue weighted by atomic mass is 10.1. The standard InChI is InChI=1S/C15H16N2O2/c16-14(12-4-2-1-3-5-12)15(19)17-13-8-6-11(10-18)7-9-13/h1-9,14,18H,10,16H2,(H,17,19)/t14-/m0/s1. The van der Waals surface area contributed by atoms with Crippen LogP contribution in [-0.4, -0.2) is 11.0 Å². The summed E-state index contributed by atoms with van der Waals surface area (Å²) in [6.45, 7) is -0.0161. The maximum absolute atomic E-state index is 12.0. The Morgan fingerprint density at radius 2 is 1.74 bits per heavy atom. The number of aliphatic hydroxyl groups excluding tert-OH is 1. The number of nitrogens with two attached hydrogens (primary N) is 1. The molecule has 1 atom stereocenters. The second kappa shape index (κ2) is 6.13. The largest absolute Gasteiger partial charge is 0.392 e. The number of anilines is 1. The molecule has 0 aliphatic heterocycles. The van der Waals surface area contributed by atoms with E-state index < -0.39 is 6.04 Å². The normalized spacial score (nSPS) is 11.9. The summed E-state index contributed by atoms with van der Waals surface area (Å²) in [5.74, 6) is -0.261. The van der Waals surface area contributed by atoms with Gasteiger partial charge in [-0.25, -0.2) is 0 Å². The van der Waals surface area contributed by atoms with Crippen molar-refractivity contribution in [2.75, 3.05) is 5.32 Å². The van der Waals surface area contributed by atoms with Gasteiger partial charge in [-0.15, -0.1) is 0 Å². The molecule has 0 bridgehead atoms. The van der Waals surface area contributed by atoms with E-state index in [9.17, 15) is 4.79 Å². The van der Waals surface area contributed by atoms with Crippen LogP contribution < -0.4 is 11.1 Å². The van der Waals surface area contributed by atoms with Crippen molar-refractivity contribution in [1.29, 1.82) is 0 Å². The van der Waals surface area contributed by atoms with Gasteiger partial charge in [0.1, 0.15) is 6.04 Å². The number of benzene rings is 2. The molecule has 0 radical (unpaired) electrons. The average molecular weight is 256 g/mol.